The summed E-state index contributed by atoms with van der Waals surface area (Å²) in [6, 6.07) is 13.0. The van der Waals surface area contributed by atoms with Crippen molar-refractivity contribution in [3.63, 3.8) is 0 Å². The molecule has 3 N–H and O–H groups in total. The van der Waals surface area contributed by atoms with Crippen molar-refractivity contribution < 1.29 is 23.9 Å². The molecular formula is C33H41N5O5. The van der Waals surface area contributed by atoms with E-state index in [2.05, 4.69) is 20.5 Å². The van der Waals surface area contributed by atoms with Crippen LogP contribution < -0.4 is 15.5 Å². The molecule has 3 amide bonds. The Balaban J connectivity index is 1.15. The summed E-state index contributed by atoms with van der Waals surface area (Å²) in [4.78, 5) is 46.1. The Hall–Kier alpha value is -4.18. The number of anilines is 1. The highest BCUT2D eigenvalue weighted by molar-refractivity contribution is 5.98. The number of nitrogens with zero attached hydrogens (tertiary/aromatic N) is 3. The molecule has 0 spiro atoms. The number of likely N-dealkylation sites (tertiary alicyclic amines) is 1. The Labute approximate surface area is 252 Å². The summed E-state index contributed by atoms with van der Waals surface area (Å²) in [5.41, 5.74) is 4.00. The van der Waals surface area contributed by atoms with Crippen LogP contribution in [0.15, 0.2) is 59.3 Å². The van der Waals surface area contributed by atoms with Crippen LogP contribution >= 0.6 is 0 Å². The van der Waals surface area contributed by atoms with Crippen LogP contribution in [-0.4, -0.2) is 71.2 Å². The fourth-order valence-corrected chi connectivity index (χ4v) is 6.03. The number of urea groups is 1. The van der Waals surface area contributed by atoms with Crippen molar-refractivity contribution >= 4 is 23.6 Å². The van der Waals surface area contributed by atoms with E-state index in [1.165, 1.54) is 17.6 Å². The third-order valence-electron chi connectivity index (χ3n) is 8.43. The van der Waals surface area contributed by atoms with Gasteiger partial charge in [0.05, 0.1) is 17.5 Å². The molecule has 1 aromatic carbocycles. The van der Waals surface area contributed by atoms with Crippen molar-refractivity contribution in [2.75, 3.05) is 31.1 Å². The first kappa shape index (κ1) is 30.3. The number of aryl methyl sites for hydroxylation is 1. The number of carboxylic acids is 1. The first-order chi connectivity index (χ1) is 20.9. The number of carbonyl (C=O) groups is 3. The summed E-state index contributed by atoms with van der Waals surface area (Å²) in [5.74, 6) is -1.01. The molecule has 43 heavy (non-hydrogen) atoms. The monoisotopic (exact) mass is 587 g/mol. The lowest BCUT2D eigenvalue weighted by Crippen LogP contribution is -2.48. The van der Waals surface area contributed by atoms with E-state index in [9.17, 15) is 19.5 Å². The van der Waals surface area contributed by atoms with Crippen LogP contribution in [0, 0.1) is 6.92 Å². The van der Waals surface area contributed by atoms with Crippen molar-refractivity contribution in [1.82, 2.24) is 20.5 Å². The van der Waals surface area contributed by atoms with E-state index in [-0.39, 0.29) is 29.8 Å². The molecule has 2 aromatic heterocycles. The first-order valence-electron chi connectivity index (χ1n) is 15.3. The van der Waals surface area contributed by atoms with Crippen LogP contribution in [0.5, 0.6) is 0 Å². The number of carboxylic acid groups (broad SMARTS) is 1. The Morgan fingerprint density at radius 3 is 2.44 bits per heavy atom. The normalized spacial score (nSPS) is 16.5. The number of hydrogen-bond donors (Lipinski definition) is 3. The molecule has 10 heteroatoms. The van der Waals surface area contributed by atoms with Crippen LogP contribution in [-0.2, 0) is 11.2 Å². The number of hydrogen-bond acceptors (Lipinski definition) is 6. The van der Waals surface area contributed by atoms with Gasteiger partial charge in [-0.15, -0.1) is 0 Å². The zero-order chi connectivity index (χ0) is 30.2. The van der Waals surface area contributed by atoms with Crippen molar-refractivity contribution in [2.45, 2.75) is 70.4 Å². The lowest BCUT2D eigenvalue weighted by atomic mass is 9.96. The van der Waals surface area contributed by atoms with Crippen LogP contribution in [0.4, 0.5) is 10.5 Å². The molecule has 0 radical (unpaired) electrons. The molecule has 5 rings (SSSR count). The van der Waals surface area contributed by atoms with E-state index < -0.39 is 12.5 Å². The minimum Gasteiger partial charge on any atom is -0.480 e. The van der Waals surface area contributed by atoms with Crippen molar-refractivity contribution in [3.05, 3.63) is 71.8 Å². The molecule has 3 heterocycles. The van der Waals surface area contributed by atoms with Crippen LogP contribution in [0.3, 0.4) is 0 Å². The predicted molar refractivity (Wildman–Crippen MR) is 164 cm³/mol. The van der Waals surface area contributed by atoms with E-state index >= 15 is 0 Å². The zero-order valence-corrected chi connectivity index (χ0v) is 24.8. The summed E-state index contributed by atoms with van der Waals surface area (Å²) >= 11 is 0. The largest absolute Gasteiger partial charge is 0.480 e. The number of pyridine rings is 1. The summed E-state index contributed by atoms with van der Waals surface area (Å²) in [6.07, 6.45) is 10.8. The van der Waals surface area contributed by atoms with E-state index in [1.54, 1.807) is 12.3 Å². The van der Waals surface area contributed by atoms with Gasteiger partial charge in [0.25, 0.3) is 5.91 Å². The molecule has 1 saturated carbocycles. The molecule has 10 nitrogen and oxygen atoms in total. The topological polar surface area (TPSA) is 128 Å². The number of furan rings is 1. The number of amides is 3. The van der Waals surface area contributed by atoms with E-state index in [4.69, 9.17) is 4.42 Å². The maximum Gasteiger partial charge on any atom is 0.323 e. The minimum atomic E-state index is -1.05. The number of piperidine rings is 1. The van der Waals surface area contributed by atoms with Crippen molar-refractivity contribution in [1.29, 1.82) is 0 Å². The molecule has 0 bridgehead atoms. The molecule has 3 aromatic rings. The lowest BCUT2D eigenvalue weighted by molar-refractivity contribution is -0.135. The number of aromatic nitrogens is 1. The van der Waals surface area contributed by atoms with Gasteiger partial charge in [-0.25, -0.2) is 4.79 Å². The summed E-state index contributed by atoms with van der Waals surface area (Å²) in [6.45, 7) is 3.98. The molecule has 2 fully saturated rings. The Morgan fingerprint density at radius 1 is 0.977 bits per heavy atom. The predicted octanol–water partition coefficient (Wildman–Crippen LogP) is 5.02. The second-order valence-electron chi connectivity index (χ2n) is 11.6. The maximum absolute atomic E-state index is 13.2. The highest BCUT2D eigenvalue weighted by Gasteiger charge is 2.27. The Kier molecular flexibility index (Phi) is 10.1. The van der Waals surface area contributed by atoms with Crippen molar-refractivity contribution in [3.8, 4) is 11.3 Å². The number of rotatable bonds is 10. The van der Waals surface area contributed by atoms with Gasteiger partial charge < -0.3 is 25.1 Å². The van der Waals surface area contributed by atoms with Crippen LogP contribution in [0.1, 0.15) is 66.6 Å². The van der Waals surface area contributed by atoms with Gasteiger partial charge in [0.2, 0.25) is 5.76 Å². The fourth-order valence-electron chi connectivity index (χ4n) is 6.03. The molecule has 1 aliphatic carbocycles. The molecule has 228 valence electrons. The maximum atomic E-state index is 13.2. The van der Waals surface area contributed by atoms with E-state index in [1.807, 2.05) is 43.3 Å². The fraction of sp³-hybridized carbons (Fsp3) is 0.455. The molecule has 1 aliphatic heterocycles. The molecule has 0 atom stereocenters. The highest BCUT2D eigenvalue weighted by Crippen LogP contribution is 2.25. The van der Waals surface area contributed by atoms with E-state index in [0.717, 1.165) is 69.3 Å². The quantitative estimate of drug-likeness (QED) is 0.304. The third kappa shape index (κ3) is 8.01. The molecular weight excluding hydrogens is 546 g/mol. The van der Waals surface area contributed by atoms with Gasteiger partial charge in [0.1, 0.15) is 6.54 Å². The first-order valence-corrected chi connectivity index (χ1v) is 15.3. The van der Waals surface area contributed by atoms with Gasteiger partial charge in [-0.05, 0) is 68.4 Å². The standard InChI is InChI=1S/C33H41N5O5/c1-23-11-12-28(34-21-23)27-16-20-43-31(27)32(41)35-26-14-18-37(19-15-26)17-13-24-7-5-6-10-29(24)38(22-30(39)40)33(42)36-25-8-3-2-4-9-25/h5-7,10-12,16,20-21,25-26H,2-4,8-9,13-15,17-19,22H2,1H3,(H,35,41)(H,36,42)(H,39,40). The average Bonchev–Trinajstić information content (AvgIpc) is 3.51. The summed E-state index contributed by atoms with van der Waals surface area (Å²) in [7, 11) is 0. The van der Waals surface area contributed by atoms with Gasteiger partial charge >= 0.3 is 12.0 Å². The van der Waals surface area contributed by atoms with Crippen molar-refractivity contribution in [2.24, 2.45) is 0 Å². The lowest BCUT2D eigenvalue weighted by Gasteiger charge is -2.33. The van der Waals surface area contributed by atoms with E-state index in [0.29, 0.717) is 23.4 Å². The SMILES string of the molecule is Cc1ccc(-c2ccoc2C(=O)NC2CCN(CCc3ccccc3N(CC(=O)O)C(=O)NC3CCCCC3)CC2)nc1. The van der Waals surface area contributed by atoms with Gasteiger partial charge in [0.15, 0.2) is 0 Å². The Morgan fingerprint density at radius 2 is 1.72 bits per heavy atom. The number of benzene rings is 1. The zero-order valence-electron chi connectivity index (χ0n) is 24.8. The highest BCUT2D eigenvalue weighted by atomic mass is 16.4. The van der Waals surface area contributed by atoms with Gasteiger partial charge in [-0.2, -0.15) is 0 Å². The molecule has 0 unspecified atom stereocenters. The van der Waals surface area contributed by atoms with Crippen LogP contribution in [0.25, 0.3) is 11.3 Å². The van der Waals surface area contributed by atoms with Crippen LogP contribution in [0.2, 0.25) is 0 Å². The Bertz CT molecular complexity index is 1390. The second kappa shape index (κ2) is 14.3. The number of aliphatic carboxylic acids is 1. The molecule has 2 aliphatic rings. The smallest absolute Gasteiger partial charge is 0.323 e. The number of nitrogens with one attached hydrogen (secondary N) is 2. The van der Waals surface area contributed by atoms with Gasteiger partial charge in [-0.3, -0.25) is 19.5 Å². The van der Waals surface area contributed by atoms with Gasteiger partial charge in [-0.1, -0.05) is 43.5 Å². The number of carbonyl (C=O) groups excluding carboxylic acids is 2. The number of para-hydroxylation sites is 1. The average molecular weight is 588 g/mol. The summed E-state index contributed by atoms with van der Waals surface area (Å²) in [5, 5.41) is 15.8. The third-order valence-corrected chi connectivity index (χ3v) is 8.43. The minimum absolute atomic E-state index is 0.0366. The second-order valence-corrected chi connectivity index (χ2v) is 11.6. The summed E-state index contributed by atoms with van der Waals surface area (Å²) < 4.78 is 5.54. The van der Waals surface area contributed by atoms with Gasteiger partial charge in [0, 0.05) is 43.6 Å². The molecule has 1 saturated heterocycles.